The number of para-hydroxylation sites is 1. The summed E-state index contributed by atoms with van der Waals surface area (Å²) in [6, 6.07) is 10.3. The number of hydrogen-bond donors (Lipinski definition) is 4. The van der Waals surface area contributed by atoms with Gasteiger partial charge in [-0.15, -0.1) is 0 Å². The van der Waals surface area contributed by atoms with Crippen molar-refractivity contribution in [3.63, 3.8) is 0 Å². The van der Waals surface area contributed by atoms with Gasteiger partial charge in [0, 0.05) is 24.3 Å². The van der Waals surface area contributed by atoms with Crippen LogP contribution in [0.3, 0.4) is 0 Å². The lowest BCUT2D eigenvalue weighted by Crippen LogP contribution is -2.35. The van der Waals surface area contributed by atoms with E-state index in [4.69, 9.17) is 10.4 Å². The Balaban J connectivity index is 1.52. The molecule has 0 spiro atoms. The summed E-state index contributed by atoms with van der Waals surface area (Å²) in [5, 5.41) is 22.6. The molecule has 0 fully saturated rings. The van der Waals surface area contributed by atoms with Crippen LogP contribution in [0.25, 0.3) is 0 Å². The van der Waals surface area contributed by atoms with Gasteiger partial charge in [0.2, 0.25) is 0 Å². The van der Waals surface area contributed by atoms with Gasteiger partial charge in [0.25, 0.3) is 0 Å². The molecule has 2 aliphatic rings. The number of aliphatic imine (C=N–C) groups is 1. The minimum atomic E-state index is -1.25. The first kappa shape index (κ1) is 19.0. The van der Waals surface area contributed by atoms with Gasteiger partial charge >= 0.3 is 13.1 Å². The second-order valence-electron chi connectivity index (χ2n) is 7.24. The SMILES string of the molecule is NC1=NCc2cc(C(=O)C[C@H]3Cc4cccc(C(=O)O)c4OB3O)ccc2CN1. The summed E-state index contributed by atoms with van der Waals surface area (Å²) in [6.07, 6.45) is 0.444. The van der Waals surface area contributed by atoms with Crippen molar-refractivity contribution in [1.29, 1.82) is 0 Å². The summed E-state index contributed by atoms with van der Waals surface area (Å²) < 4.78 is 5.48. The second-order valence-corrected chi connectivity index (χ2v) is 7.24. The van der Waals surface area contributed by atoms with Crippen LogP contribution in [-0.2, 0) is 19.5 Å². The molecule has 0 radical (unpaired) electrons. The quantitative estimate of drug-likeness (QED) is 0.455. The third-order valence-corrected chi connectivity index (χ3v) is 5.31. The van der Waals surface area contributed by atoms with Crippen LogP contribution >= 0.6 is 0 Å². The standard InChI is InChI=1S/C20H20BN3O5/c22-20-23-9-13-5-4-11(6-14(13)10-24-20)17(25)8-15-7-12-2-1-3-16(19(26)27)18(12)29-21(15)28/h1-6,15,28H,7-10H2,(H,26,27)(H3,22,23,24)/t15-/m1/s1. The highest BCUT2D eigenvalue weighted by Crippen LogP contribution is 2.36. The van der Waals surface area contributed by atoms with E-state index in [-0.39, 0.29) is 23.5 Å². The van der Waals surface area contributed by atoms with Crippen molar-refractivity contribution < 1.29 is 24.4 Å². The highest BCUT2D eigenvalue weighted by molar-refractivity contribution is 6.47. The number of carboxylic acid groups (broad SMARTS) is 1. The number of hydrogen-bond acceptors (Lipinski definition) is 7. The normalized spacial score (nSPS) is 17.8. The number of carbonyl (C=O) groups excluding carboxylic acids is 1. The van der Waals surface area contributed by atoms with E-state index in [0.717, 1.165) is 11.1 Å². The molecule has 4 rings (SSSR count). The van der Waals surface area contributed by atoms with Gasteiger partial charge in [-0.2, -0.15) is 0 Å². The van der Waals surface area contributed by atoms with E-state index in [1.54, 1.807) is 18.2 Å². The van der Waals surface area contributed by atoms with E-state index >= 15 is 0 Å². The Bertz CT molecular complexity index is 1020. The fourth-order valence-electron chi connectivity index (χ4n) is 3.71. The van der Waals surface area contributed by atoms with Crippen LogP contribution in [0.15, 0.2) is 41.4 Å². The molecule has 0 saturated heterocycles. The van der Waals surface area contributed by atoms with E-state index in [1.807, 2.05) is 12.1 Å². The third-order valence-electron chi connectivity index (χ3n) is 5.31. The Morgan fingerprint density at radius 1 is 1.24 bits per heavy atom. The van der Waals surface area contributed by atoms with Crippen LogP contribution in [0.1, 0.15) is 43.8 Å². The van der Waals surface area contributed by atoms with Gasteiger partial charge in [-0.25, -0.2) is 9.79 Å². The Labute approximate surface area is 167 Å². The highest BCUT2D eigenvalue weighted by atomic mass is 16.5. The fourth-order valence-corrected chi connectivity index (χ4v) is 3.71. The maximum atomic E-state index is 12.8. The zero-order valence-electron chi connectivity index (χ0n) is 15.6. The van der Waals surface area contributed by atoms with Crippen molar-refractivity contribution in [3.8, 4) is 5.75 Å². The highest BCUT2D eigenvalue weighted by Gasteiger charge is 2.38. The molecule has 0 bridgehead atoms. The molecule has 0 saturated carbocycles. The predicted octanol–water partition coefficient (Wildman–Crippen LogP) is 1.36. The van der Waals surface area contributed by atoms with Gasteiger partial charge in [-0.1, -0.05) is 24.3 Å². The first-order valence-corrected chi connectivity index (χ1v) is 9.31. The monoisotopic (exact) mass is 393 g/mol. The van der Waals surface area contributed by atoms with Gasteiger partial charge in [0.1, 0.15) is 5.75 Å². The number of nitrogens with zero attached hydrogens (tertiary/aromatic N) is 1. The maximum Gasteiger partial charge on any atom is 0.526 e. The van der Waals surface area contributed by atoms with Crippen molar-refractivity contribution in [1.82, 2.24) is 5.32 Å². The summed E-state index contributed by atoms with van der Waals surface area (Å²) >= 11 is 0. The fraction of sp³-hybridized carbons (Fsp3) is 0.250. The molecule has 0 unspecified atom stereocenters. The molecule has 148 valence electrons. The molecule has 5 N–H and O–H groups in total. The minimum absolute atomic E-state index is 0.00511. The third kappa shape index (κ3) is 3.81. The molecule has 0 aliphatic carbocycles. The van der Waals surface area contributed by atoms with E-state index in [0.29, 0.717) is 36.6 Å². The van der Waals surface area contributed by atoms with Crippen LogP contribution in [0.4, 0.5) is 0 Å². The molecule has 2 aromatic carbocycles. The summed E-state index contributed by atoms with van der Waals surface area (Å²) in [5.74, 6) is -1.16. The number of rotatable bonds is 4. The Morgan fingerprint density at radius 2 is 2.07 bits per heavy atom. The van der Waals surface area contributed by atoms with Crippen molar-refractivity contribution in [2.45, 2.75) is 31.7 Å². The lowest BCUT2D eigenvalue weighted by Gasteiger charge is -2.28. The molecular weight excluding hydrogens is 373 g/mol. The van der Waals surface area contributed by atoms with Gasteiger partial charge in [-0.3, -0.25) is 4.79 Å². The van der Waals surface area contributed by atoms with Crippen LogP contribution in [0.2, 0.25) is 5.82 Å². The van der Waals surface area contributed by atoms with Crippen LogP contribution in [-0.4, -0.2) is 35.0 Å². The second kappa shape index (κ2) is 7.59. The van der Waals surface area contributed by atoms with Crippen molar-refractivity contribution in [2.24, 2.45) is 10.7 Å². The van der Waals surface area contributed by atoms with E-state index in [1.165, 1.54) is 6.07 Å². The molecule has 2 heterocycles. The van der Waals surface area contributed by atoms with E-state index in [2.05, 4.69) is 10.3 Å². The van der Waals surface area contributed by atoms with Gasteiger partial charge in [0.15, 0.2) is 11.7 Å². The Kier molecular flexibility index (Phi) is 4.98. The molecule has 29 heavy (non-hydrogen) atoms. The number of fused-ring (bicyclic) bond motifs is 2. The molecule has 0 amide bonds. The van der Waals surface area contributed by atoms with Crippen molar-refractivity contribution in [3.05, 3.63) is 64.2 Å². The van der Waals surface area contributed by atoms with Crippen molar-refractivity contribution >= 4 is 24.8 Å². The summed E-state index contributed by atoms with van der Waals surface area (Å²) in [7, 11) is -1.25. The number of carbonyl (C=O) groups is 2. The molecule has 9 heteroatoms. The average Bonchev–Trinajstić information content (AvgIpc) is 2.89. The largest absolute Gasteiger partial charge is 0.535 e. The van der Waals surface area contributed by atoms with Crippen LogP contribution in [0, 0.1) is 0 Å². The zero-order chi connectivity index (χ0) is 20.5. The lowest BCUT2D eigenvalue weighted by atomic mass is 9.64. The number of benzene rings is 2. The molecule has 1 atom stereocenters. The number of nitrogens with one attached hydrogen (secondary N) is 1. The molecule has 2 aromatic rings. The Hall–Kier alpha value is -3.33. The predicted molar refractivity (Wildman–Crippen MR) is 107 cm³/mol. The first-order chi connectivity index (χ1) is 13.9. The summed E-state index contributed by atoms with van der Waals surface area (Å²) in [5.41, 5.74) is 8.89. The smallest absolute Gasteiger partial charge is 0.526 e. The molecular formula is C20H20BN3O5. The van der Waals surface area contributed by atoms with E-state index in [9.17, 15) is 19.7 Å². The van der Waals surface area contributed by atoms with Gasteiger partial charge in [-0.05, 0) is 35.2 Å². The number of guanidine groups is 1. The number of aromatic carboxylic acids is 1. The Morgan fingerprint density at radius 3 is 2.86 bits per heavy atom. The minimum Gasteiger partial charge on any atom is -0.535 e. The topological polar surface area (TPSA) is 134 Å². The summed E-state index contributed by atoms with van der Waals surface area (Å²) in [4.78, 5) is 28.4. The van der Waals surface area contributed by atoms with Crippen LogP contribution in [0.5, 0.6) is 5.75 Å². The molecule has 8 nitrogen and oxygen atoms in total. The van der Waals surface area contributed by atoms with Crippen molar-refractivity contribution in [2.75, 3.05) is 0 Å². The number of carboxylic acids is 1. The number of nitrogens with two attached hydrogens (primary N) is 1. The van der Waals surface area contributed by atoms with Gasteiger partial charge < -0.3 is 25.8 Å². The number of Topliss-reactive ketones (excluding diaryl/α,β-unsaturated/α-hetero) is 1. The zero-order valence-corrected chi connectivity index (χ0v) is 15.6. The maximum absolute atomic E-state index is 12.8. The molecule has 0 aromatic heterocycles. The lowest BCUT2D eigenvalue weighted by molar-refractivity contribution is 0.0693. The number of ketones is 1. The van der Waals surface area contributed by atoms with E-state index < -0.39 is 18.9 Å². The summed E-state index contributed by atoms with van der Waals surface area (Å²) in [6.45, 7) is 0.951. The first-order valence-electron chi connectivity index (χ1n) is 9.31. The van der Waals surface area contributed by atoms with Crippen LogP contribution < -0.4 is 15.7 Å². The molecule has 2 aliphatic heterocycles. The van der Waals surface area contributed by atoms with Gasteiger partial charge in [0.05, 0.1) is 12.1 Å². The average molecular weight is 393 g/mol.